The number of carbonyl (C=O) groups excluding carboxylic acids is 1. The van der Waals surface area contributed by atoms with E-state index in [-0.39, 0.29) is 24.0 Å². The second kappa shape index (κ2) is 10.7. The van der Waals surface area contributed by atoms with Crippen LogP contribution in [0.5, 0.6) is 0 Å². The SMILES string of the molecule is COCCCN(C(=O)C=Cc1cccc2cccnc12)c1c(N)n(CC(C)C)c(=O)[nH]c1=O. The fourth-order valence-electron chi connectivity index (χ4n) is 3.60. The first-order valence-corrected chi connectivity index (χ1v) is 10.8. The number of carbonyl (C=O) groups is 1. The predicted octanol–water partition coefficient (Wildman–Crippen LogP) is 2.41. The predicted molar refractivity (Wildman–Crippen MR) is 130 cm³/mol. The van der Waals surface area contributed by atoms with Gasteiger partial charge in [-0.3, -0.25) is 24.1 Å². The van der Waals surface area contributed by atoms with Crippen LogP contribution in [0.1, 0.15) is 25.8 Å². The Morgan fingerprint density at radius 1 is 1.27 bits per heavy atom. The molecule has 3 N–H and O–H groups in total. The maximum Gasteiger partial charge on any atom is 0.330 e. The number of ether oxygens (including phenoxy) is 1. The Labute approximate surface area is 191 Å². The molecule has 9 nitrogen and oxygen atoms in total. The number of amides is 1. The van der Waals surface area contributed by atoms with Crippen molar-refractivity contribution in [1.82, 2.24) is 14.5 Å². The molecule has 3 aromatic rings. The van der Waals surface area contributed by atoms with Gasteiger partial charge in [0, 0.05) is 50.0 Å². The van der Waals surface area contributed by atoms with E-state index in [0.717, 1.165) is 16.5 Å². The zero-order chi connectivity index (χ0) is 24.0. The summed E-state index contributed by atoms with van der Waals surface area (Å²) in [5.41, 5.74) is 6.42. The first kappa shape index (κ1) is 23.9. The number of hydrogen-bond acceptors (Lipinski definition) is 6. The Hall–Kier alpha value is -3.72. The summed E-state index contributed by atoms with van der Waals surface area (Å²) in [7, 11) is 1.56. The molecule has 0 fully saturated rings. The van der Waals surface area contributed by atoms with Gasteiger partial charge in [0.25, 0.3) is 11.5 Å². The van der Waals surface area contributed by atoms with Gasteiger partial charge in [-0.2, -0.15) is 0 Å². The standard InChI is InChI=1S/C24H29N5O4/c1-16(2)15-29-22(25)21(23(31)27-24(29)32)28(13-6-14-33-3)19(30)11-10-18-8-4-7-17-9-5-12-26-20(17)18/h4-5,7-12,16H,6,13-15,25H2,1-3H3,(H,27,31,32). The highest BCUT2D eigenvalue weighted by Crippen LogP contribution is 2.20. The van der Waals surface area contributed by atoms with E-state index < -0.39 is 17.2 Å². The summed E-state index contributed by atoms with van der Waals surface area (Å²) >= 11 is 0. The van der Waals surface area contributed by atoms with Crippen molar-refractivity contribution in [2.45, 2.75) is 26.8 Å². The number of aromatic amines is 1. The van der Waals surface area contributed by atoms with Gasteiger partial charge < -0.3 is 15.4 Å². The van der Waals surface area contributed by atoms with E-state index in [1.165, 1.54) is 15.5 Å². The first-order valence-electron chi connectivity index (χ1n) is 10.8. The van der Waals surface area contributed by atoms with E-state index in [1.54, 1.807) is 19.4 Å². The van der Waals surface area contributed by atoms with Gasteiger partial charge in [-0.1, -0.05) is 38.1 Å². The highest BCUT2D eigenvalue weighted by atomic mass is 16.5. The second-order valence-corrected chi connectivity index (χ2v) is 8.09. The van der Waals surface area contributed by atoms with Crippen LogP contribution in [0.15, 0.2) is 52.2 Å². The lowest BCUT2D eigenvalue weighted by Crippen LogP contribution is -2.41. The lowest BCUT2D eigenvalue weighted by Gasteiger charge is -2.24. The molecule has 33 heavy (non-hydrogen) atoms. The number of benzene rings is 1. The highest BCUT2D eigenvalue weighted by Gasteiger charge is 2.23. The average Bonchev–Trinajstić information content (AvgIpc) is 2.79. The van der Waals surface area contributed by atoms with Crippen molar-refractivity contribution in [2.75, 3.05) is 30.9 Å². The van der Waals surface area contributed by atoms with Crippen LogP contribution in [-0.2, 0) is 16.1 Å². The molecule has 0 bridgehead atoms. The number of nitrogens with one attached hydrogen (secondary N) is 1. The molecule has 0 saturated carbocycles. The Kier molecular flexibility index (Phi) is 7.78. The molecule has 0 aliphatic rings. The summed E-state index contributed by atoms with van der Waals surface area (Å²) < 4.78 is 6.39. The number of nitrogen functional groups attached to an aromatic ring is 1. The van der Waals surface area contributed by atoms with Gasteiger partial charge in [-0.15, -0.1) is 0 Å². The Bertz CT molecular complexity index is 1270. The van der Waals surface area contributed by atoms with Crippen molar-refractivity contribution in [3.05, 3.63) is 69.0 Å². The van der Waals surface area contributed by atoms with Crippen LogP contribution in [0.3, 0.4) is 0 Å². The lowest BCUT2D eigenvalue weighted by molar-refractivity contribution is -0.114. The molecule has 3 rings (SSSR count). The Morgan fingerprint density at radius 3 is 2.76 bits per heavy atom. The van der Waals surface area contributed by atoms with Crippen LogP contribution < -0.4 is 21.9 Å². The van der Waals surface area contributed by atoms with E-state index in [2.05, 4.69) is 9.97 Å². The molecular weight excluding hydrogens is 422 g/mol. The van der Waals surface area contributed by atoms with E-state index in [9.17, 15) is 14.4 Å². The quantitative estimate of drug-likeness (QED) is 0.380. The summed E-state index contributed by atoms with van der Waals surface area (Å²) in [6.07, 6.45) is 5.22. The smallest absolute Gasteiger partial charge is 0.330 e. The van der Waals surface area contributed by atoms with E-state index in [1.807, 2.05) is 44.2 Å². The number of rotatable bonds is 9. The molecule has 9 heteroatoms. The summed E-state index contributed by atoms with van der Waals surface area (Å²) in [5.74, 6) is -0.366. The molecule has 1 amide bonds. The molecule has 174 valence electrons. The number of hydrogen-bond donors (Lipinski definition) is 2. The summed E-state index contributed by atoms with van der Waals surface area (Å²) in [6.45, 7) is 4.76. The maximum atomic E-state index is 13.3. The Balaban J connectivity index is 2.02. The zero-order valence-corrected chi connectivity index (χ0v) is 19.1. The van der Waals surface area contributed by atoms with Crippen molar-refractivity contribution in [1.29, 1.82) is 0 Å². The Morgan fingerprint density at radius 2 is 2.03 bits per heavy atom. The number of nitrogens with zero attached hydrogens (tertiary/aromatic N) is 3. The number of nitrogens with two attached hydrogens (primary N) is 1. The number of aromatic nitrogens is 3. The van der Waals surface area contributed by atoms with E-state index in [4.69, 9.17) is 10.5 Å². The number of H-pyrrole nitrogens is 1. The van der Waals surface area contributed by atoms with Gasteiger partial charge in [0.15, 0.2) is 5.69 Å². The van der Waals surface area contributed by atoms with Gasteiger partial charge in [0.2, 0.25) is 0 Å². The van der Waals surface area contributed by atoms with Crippen LogP contribution >= 0.6 is 0 Å². The number of methoxy groups -OCH3 is 1. The van der Waals surface area contributed by atoms with Crippen LogP contribution in [0.2, 0.25) is 0 Å². The van der Waals surface area contributed by atoms with Crippen molar-refractivity contribution in [3.63, 3.8) is 0 Å². The van der Waals surface area contributed by atoms with Crippen LogP contribution in [0.25, 0.3) is 17.0 Å². The maximum absolute atomic E-state index is 13.3. The number of para-hydroxylation sites is 1. The zero-order valence-electron chi connectivity index (χ0n) is 19.1. The van der Waals surface area contributed by atoms with Crippen LogP contribution in [0, 0.1) is 5.92 Å². The number of anilines is 2. The fraction of sp³-hybridized carbons (Fsp3) is 0.333. The third-order valence-electron chi connectivity index (χ3n) is 5.10. The molecule has 0 radical (unpaired) electrons. The minimum absolute atomic E-state index is 0.0385. The molecule has 0 saturated heterocycles. The molecule has 0 unspecified atom stereocenters. The molecule has 2 heterocycles. The number of fused-ring (bicyclic) bond motifs is 1. The van der Waals surface area contributed by atoms with E-state index in [0.29, 0.717) is 19.6 Å². The third-order valence-corrected chi connectivity index (χ3v) is 5.10. The van der Waals surface area contributed by atoms with Gasteiger partial charge in [0.1, 0.15) is 5.82 Å². The summed E-state index contributed by atoms with van der Waals surface area (Å²) in [4.78, 5) is 46.3. The van der Waals surface area contributed by atoms with Crippen molar-refractivity contribution in [3.8, 4) is 0 Å². The van der Waals surface area contributed by atoms with E-state index >= 15 is 0 Å². The van der Waals surface area contributed by atoms with Gasteiger partial charge in [0.05, 0.1) is 5.52 Å². The normalized spacial score (nSPS) is 11.5. The summed E-state index contributed by atoms with van der Waals surface area (Å²) in [6, 6.07) is 9.47. The fourth-order valence-corrected chi connectivity index (χ4v) is 3.60. The van der Waals surface area contributed by atoms with Crippen molar-refractivity contribution < 1.29 is 9.53 Å². The minimum Gasteiger partial charge on any atom is -0.385 e. The average molecular weight is 452 g/mol. The molecule has 0 atom stereocenters. The summed E-state index contributed by atoms with van der Waals surface area (Å²) in [5, 5.41) is 0.950. The van der Waals surface area contributed by atoms with Crippen molar-refractivity contribution in [2.24, 2.45) is 5.92 Å². The topological polar surface area (TPSA) is 123 Å². The minimum atomic E-state index is -0.705. The van der Waals surface area contributed by atoms with Gasteiger partial charge in [-0.05, 0) is 24.5 Å². The second-order valence-electron chi connectivity index (χ2n) is 8.09. The van der Waals surface area contributed by atoms with Gasteiger partial charge >= 0.3 is 5.69 Å². The molecule has 0 aliphatic carbocycles. The largest absolute Gasteiger partial charge is 0.385 e. The third kappa shape index (κ3) is 5.56. The number of pyridine rings is 1. The van der Waals surface area contributed by atoms with Crippen molar-refractivity contribution >= 4 is 34.4 Å². The monoisotopic (exact) mass is 451 g/mol. The lowest BCUT2D eigenvalue weighted by atomic mass is 10.1. The molecule has 0 spiro atoms. The highest BCUT2D eigenvalue weighted by molar-refractivity contribution is 6.06. The molecule has 1 aromatic carbocycles. The molecule has 2 aromatic heterocycles. The first-order chi connectivity index (χ1) is 15.8. The van der Waals surface area contributed by atoms with Gasteiger partial charge in [-0.25, -0.2) is 4.79 Å². The molecular formula is C24H29N5O4. The molecule has 0 aliphatic heterocycles. The van der Waals surface area contributed by atoms with Crippen LogP contribution in [-0.4, -0.2) is 40.7 Å². The van der Waals surface area contributed by atoms with Crippen LogP contribution in [0.4, 0.5) is 11.5 Å².